The minimum atomic E-state index is -1.20. The van der Waals surface area contributed by atoms with E-state index in [1.807, 2.05) is 20.8 Å². The maximum Gasteiger partial charge on any atom is 0.186 e. The predicted molar refractivity (Wildman–Crippen MR) is 59.4 cm³/mol. The molecule has 5 atom stereocenters. The lowest BCUT2D eigenvalue weighted by molar-refractivity contribution is -0.317. The molecule has 0 aromatic heterocycles. The van der Waals surface area contributed by atoms with Crippen LogP contribution in [0.1, 0.15) is 20.8 Å². The molecule has 0 aliphatic carbocycles. The summed E-state index contributed by atoms with van der Waals surface area (Å²) in [6.07, 6.45) is -4.83. The molecular formula is C11H22O6. The third kappa shape index (κ3) is 3.61. The normalized spacial score (nSPS) is 39.4. The Labute approximate surface area is 101 Å². The molecule has 0 amide bonds. The first-order valence-electron chi connectivity index (χ1n) is 5.63. The summed E-state index contributed by atoms with van der Waals surface area (Å²) in [5.74, 6) is 0. The Morgan fingerprint density at radius 3 is 2.18 bits per heavy atom. The van der Waals surface area contributed by atoms with E-state index in [9.17, 15) is 10.2 Å². The molecule has 6 nitrogen and oxygen atoms in total. The Bertz CT molecular complexity index is 237. The first kappa shape index (κ1) is 14.8. The van der Waals surface area contributed by atoms with Gasteiger partial charge >= 0.3 is 0 Å². The van der Waals surface area contributed by atoms with Gasteiger partial charge in [-0.15, -0.1) is 0 Å². The zero-order valence-corrected chi connectivity index (χ0v) is 10.7. The molecule has 3 unspecified atom stereocenters. The minimum absolute atomic E-state index is 0.389. The van der Waals surface area contributed by atoms with Crippen LogP contribution in [0.2, 0.25) is 0 Å². The van der Waals surface area contributed by atoms with Crippen molar-refractivity contribution in [1.82, 2.24) is 0 Å². The standard InChI is InChI=1S/C11H22O6/c1-11(2,3)17-9-8(14)7(13)6(5-12)16-10(9)15-4/h6-10,12-14H,5H2,1-4H3/t6?,7-,8?,9?,10+/m1/s1. The first-order valence-corrected chi connectivity index (χ1v) is 5.63. The number of hydrogen-bond donors (Lipinski definition) is 3. The highest BCUT2D eigenvalue weighted by atomic mass is 16.7. The summed E-state index contributed by atoms with van der Waals surface area (Å²) in [4.78, 5) is 0. The summed E-state index contributed by atoms with van der Waals surface area (Å²) in [6.45, 7) is 5.10. The summed E-state index contributed by atoms with van der Waals surface area (Å²) >= 11 is 0. The monoisotopic (exact) mass is 250 g/mol. The second kappa shape index (κ2) is 5.60. The van der Waals surface area contributed by atoms with Crippen LogP contribution in [0.15, 0.2) is 0 Å². The van der Waals surface area contributed by atoms with Crippen LogP contribution in [-0.4, -0.2) is 65.3 Å². The SMILES string of the molecule is CO[C@H]1OC(CO)[C@@H](O)C(O)C1OC(C)(C)C. The average Bonchev–Trinajstić information content (AvgIpc) is 2.24. The summed E-state index contributed by atoms with van der Waals surface area (Å²) in [7, 11) is 1.42. The molecule has 1 heterocycles. The van der Waals surface area contributed by atoms with Gasteiger partial charge in [0.25, 0.3) is 0 Å². The topological polar surface area (TPSA) is 88.4 Å². The van der Waals surface area contributed by atoms with Gasteiger partial charge in [0.1, 0.15) is 24.4 Å². The van der Waals surface area contributed by atoms with Crippen molar-refractivity contribution >= 4 is 0 Å². The fraction of sp³-hybridized carbons (Fsp3) is 1.00. The maximum atomic E-state index is 9.96. The van der Waals surface area contributed by atoms with Crippen LogP contribution < -0.4 is 0 Å². The number of aliphatic hydroxyl groups is 3. The molecule has 102 valence electrons. The Morgan fingerprint density at radius 2 is 1.76 bits per heavy atom. The van der Waals surface area contributed by atoms with Gasteiger partial charge in [-0.2, -0.15) is 0 Å². The number of aliphatic hydroxyl groups excluding tert-OH is 3. The number of methoxy groups -OCH3 is 1. The molecule has 1 fully saturated rings. The van der Waals surface area contributed by atoms with Gasteiger partial charge in [0.05, 0.1) is 12.2 Å². The van der Waals surface area contributed by atoms with Crippen molar-refractivity contribution in [3.63, 3.8) is 0 Å². The third-order valence-electron chi connectivity index (χ3n) is 2.55. The molecule has 0 radical (unpaired) electrons. The van der Waals surface area contributed by atoms with Gasteiger partial charge in [-0.05, 0) is 20.8 Å². The molecule has 0 aromatic rings. The Hall–Kier alpha value is -0.240. The third-order valence-corrected chi connectivity index (χ3v) is 2.55. The Balaban J connectivity index is 2.79. The van der Waals surface area contributed by atoms with Crippen LogP contribution in [0.4, 0.5) is 0 Å². The van der Waals surface area contributed by atoms with Crippen LogP contribution in [0, 0.1) is 0 Å². The molecule has 1 saturated heterocycles. The molecule has 1 aliphatic rings. The highest BCUT2D eigenvalue weighted by Gasteiger charge is 2.46. The van der Waals surface area contributed by atoms with E-state index in [1.54, 1.807) is 0 Å². The Kier molecular flexibility index (Phi) is 4.88. The molecular weight excluding hydrogens is 228 g/mol. The number of ether oxygens (including phenoxy) is 3. The van der Waals surface area contributed by atoms with E-state index in [2.05, 4.69) is 0 Å². The van der Waals surface area contributed by atoms with Crippen LogP contribution in [0.3, 0.4) is 0 Å². The van der Waals surface area contributed by atoms with E-state index >= 15 is 0 Å². The first-order chi connectivity index (χ1) is 7.80. The maximum absolute atomic E-state index is 9.96. The molecule has 17 heavy (non-hydrogen) atoms. The van der Waals surface area contributed by atoms with Gasteiger partial charge in [0, 0.05) is 7.11 Å². The van der Waals surface area contributed by atoms with Gasteiger partial charge in [-0.25, -0.2) is 0 Å². The van der Waals surface area contributed by atoms with Crippen LogP contribution in [0.5, 0.6) is 0 Å². The summed E-state index contributed by atoms with van der Waals surface area (Å²) in [5.41, 5.74) is -0.502. The lowest BCUT2D eigenvalue weighted by Gasteiger charge is -2.43. The average molecular weight is 250 g/mol. The van der Waals surface area contributed by atoms with Crippen molar-refractivity contribution in [3.8, 4) is 0 Å². The predicted octanol–water partition coefficient (Wildman–Crippen LogP) is -0.745. The van der Waals surface area contributed by atoms with Crippen molar-refractivity contribution < 1.29 is 29.5 Å². The molecule has 6 heteroatoms. The Morgan fingerprint density at radius 1 is 1.18 bits per heavy atom. The van der Waals surface area contributed by atoms with Crippen molar-refractivity contribution in [2.45, 2.75) is 57.1 Å². The van der Waals surface area contributed by atoms with Crippen LogP contribution >= 0.6 is 0 Å². The number of rotatable bonds is 3. The summed E-state index contributed by atoms with van der Waals surface area (Å²) in [5, 5.41) is 28.7. The molecule has 0 spiro atoms. The highest BCUT2D eigenvalue weighted by molar-refractivity contribution is 4.91. The molecule has 1 aliphatic heterocycles. The zero-order chi connectivity index (χ0) is 13.2. The fourth-order valence-electron chi connectivity index (χ4n) is 1.78. The quantitative estimate of drug-likeness (QED) is 0.611. The summed E-state index contributed by atoms with van der Waals surface area (Å²) < 4.78 is 16.0. The number of hydrogen-bond acceptors (Lipinski definition) is 6. The second-order valence-corrected chi connectivity index (χ2v) is 5.14. The van der Waals surface area contributed by atoms with Gasteiger partial charge in [-0.1, -0.05) is 0 Å². The van der Waals surface area contributed by atoms with Gasteiger partial charge in [-0.3, -0.25) is 0 Å². The fourth-order valence-corrected chi connectivity index (χ4v) is 1.78. The van der Waals surface area contributed by atoms with Gasteiger partial charge in [0.2, 0.25) is 0 Å². The van der Waals surface area contributed by atoms with Crippen molar-refractivity contribution in [1.29, 1.82) is 0 Å². The summed E-state index contributed by atoms with van der Waals surface area (Å²) in [6, 6.07) is 0. The molecule has 3 N–H and O–H groups in total. The van der Waals surface area contributed by atoms with Gasteiger partial charge < -0.3 is 29.5 Å². The molecule has 1 rings (SSSR count). The van der Waals surface area contributed by atoms with E-state index in [1.165, 1.54) is 7.11 Å². The van der Waals surface area contributed by atoms with Crippen molar-refractivity contribution in [3.05, 3.63) is 0 Å². The molecule has 0 bridgehead atoms. The van der Waals surface area contributed by atoms with Crippen molar-refractivity contribution in [2.75, 3.05) is 13.7 Å². The van der Waals surface area contributed by atoms with Crippen LogP contribution in [0.25, 0.3) is 0 Å². The van der Waals surface area contributed by atoms with Crippen molar-refractivity contribution in [2.24, 2.45) is 0 Å². The van der Waals surface area contributed by atoms with E-state index in [0.29, 0.717) is 0 Å². The highest BCUT2D eigenvalue weighted by Crippen LogP contribution is 2.27. The lowest BCUT2D eigenvalue weighted by atomic mass is 9.98. The zero-order valence-electron chi connectivity index (χ0n) is 10.7. The molecule has 0 aromatic carbocycles. The van der Waals surface area contributed by atoms with Gasteiger partial charge in [0.15, 0.2) is 6.29 Å². The second-order valence-electron chi connectivity index (χ2n) is 5.14. The largest absolute Gasteiger partial charge is 0.394 e. The molecule has 0 saturated carbocycles. The van der Waals surface area contributed by atoms with Crippen LogP contribution in [-0.2, 0) is 14.2 Å². The lowest BCUT2D eigenvalue weighted by Crippen LogP contribution is -2.61. The van der Waals surface area contributed by atoms with E-state index in [-0.39, 0.29) is 6.61 Å². The minimum Gasteiger partial charge on any atom is -0.394 e. The van der Waals surface area contributed by atoms with E-state index in [4.69, 9.17) is 19.3 Å². The van der Waals surface area contributed by atoms with E-state index < -0.39 is 36.3 Å². The van der Waals surface area contributed by atoms with E-state index in [0.717, 1.165) is 0 Å². The smallest absolute Gasteiger partial charge is 0.186 e.